The molecular formula is C24H21FN4O2. The fraction of sp³-hybridized carbons (Fsp3) is 0.125. The Morgan fingerprint density at radius 2 is 1.71 bits per heavy atom. The van der Waals surface area contributed by atoms with E-state index in [1.54, 1.807) is 78.9 Å². The fourth-order valence-electron chi connectivity index (χ4n) is 3.57. The number of phenolic OH excluding ortho intramolecular Hbond substituents is 1. The van der Waals surface area contributed by atoms with Crippen LogP contribution < -0.4 is 10.5 Å². The van der Waals surface area contributed by atoms with Crippen molar-refractivity contribution >= 4 is 11.6 Å². The molecular weight excluding hydrogens is 395 g/mol. The van der Waals surface area contributed by atoms with Crippen LogP contribution in [0.4, 0.5) is 16.0 Å². The van der Waals surface area contributed by atoms with E-state index in [1.807, 2.05) is 6.92 Å². The smallest absolute Gasteiger partial charge is 0.263 e. The SMILES string of the molecule is CCN(c1ccccc1O)c1nc(-c2ccncc2)c(-c2ccccc2F)c(=O)n1C. The molecule has 2 aromatic carbocycles. The van der Waals surface area contributed by atoms with Gasteiger partial charge in [-0.2, -0.15) is 0 Å². The van der Waals surface area contributed by atoms with Gasteiger partial charge >= 0.3 is 0 Å². The topological polar surface area (TPSA) is 71.2 Å². The highest BCUT2D eigenvalue weighted by Crippen LogP contribution is 2.35. The summed E-state index contributed by atoms with van der Waals surface area (Å²) in [5, 5.41) is 10.4. The molecule has 2 heterocycles. The van der Waals surface area contributed by atoms with Crippen molar-refractivity contribution in [3.05, 3.63) is 89.2 Å². The maximum atomic E-state index is 14.7. The molecule has 0 spiro atoms. The van der Waals surface area contributed by atoms with Gasteiger partial charge in [0, 0.05) is 37.1 Å². The Kier molecular flexibility index (Phi) is 5.49. The van der Waals surface area contributed by atoms with Gasteiger partial charge in [0.1, 0.15) is 11.6 Å². The van der Waals surface area contributed by atoms with E-state index < -0.39 is 11.4 Å². The number of aromatic nitrogens is 3. The second-order valence-electron chi connectivity index (χ2n) is 6.95. The molecule has 0 aliphatic heterocycles. The number of halogens is 1. The zero-order chi connectivity index (χ0) is 22.0. The van der Waals surface area contributed by atoms with Gasteiger partial charge in [0.05, 0.1) is 16.9 Å². The first-order valence-electron chi connectivity index (χ1n) is 9.84. The van der Waals surface area contributed by atoms with Crippen molar-refractivity contribution in [1.82, 2.24) is 14.5 Å². The minimum Gasteiger partial charge on any atom is -0.506 e. The van der Waals surface area contributed by atoms with E-state index in [-0.39, 0.29) is 16.9 Å². The third-order valence-corrected chi connectivity index (χ3v) is 5.09. The molecule has 0 saturated carbocycles. The lowest BCUT2D eigenvalue weighted by atomic mass is 10.0. The molecule has 0 aliphatic rings. The summed E-state index contributed by atoms with van der Waals surface area (Å²) >= 11 is 0. The molecule has 0 amide bonds. The summed E-state index contributed by atoms with van der Waals surface area (Å²) in [5.41, 5.74) is 1.46. The first kappa shape index (κ1) is 20.3. The molecule has 7 heteroatoms. The molecule has 0 bridgehead atoms. The molecule has 0 radical (unpaired) electrons. The normalized spacial score (nSPS) is 10.8. The summed E-state index contributed by atoms with van der Waals surface area (Å²) in [6.07, 6.45) is 3.19. The highest BCUT2D eigenvalue weighted by atomic mass is 19.1. The predicted octanol–water partition coefficient (Wildman–Crippen LogP) is 4.51. The van der Waals surface area contributed by atoms with Crippen LogP contribution in [-0.4, -0.2) is 26.2 Å². The fourth-order valence-corrected chi connectivity index (χ4v) is 3.57. The predicted molar refractivity (Wildman–Crippen MR) is 119 cm³/mol. The number of pyridine rings is 1. The van der Waals surface area contributed by atoms with Crippen molar-refractivity contribution in [2.24, 2.45) is 7.05 Å². The van der Waals surface area contributed by atoms with E-state index in [0.29, 0.717) is 29.4 Å². The Bertz CT molecular complexity index is 1290. The number of hydrogen-bond donors (Lipinski definition) is 1. The number of anilines is 2. The molecule has 1 N–H and O–H groups in total. The van der Waals surface area contributed by atoms with Crippen LogP contribution in [0.25, 0.3) is 22.4 Å². The molecule has 156 valence electrons. The maximum absolute atomic E-state index is 14.7. The monoisotopic (exact) mass is 416 g/mol. The van der Waals surface area contributed by atoms with Crippen molar-refractivity contribution in [2.75, 3.05) is 11.4 Å². The molecule has 4 rings (SSSR count). The minimum absolute atomic E-state index is 0.0715. The van der Waals surface area contributed by atoms with Crippen molar-refractivity contribution in [3.63, 3.8) is 0 Å². The summed E-state index contributed by atoms with van der Waals surface area (Å²) < 4.78 is 16.1. The van der Waals surface area contributed by atoms with Crippen LogP contribution in [0.3, 0.4) is 0 Å². The number of para-hydroxylation sites is 2. The van der Waals surface area contributed by atoms with Gasteiger partial charge < -0.3 is 10.0 Å². The molecule has 4 aromatic rings. The van der Waals surface area contributed by atoms with Crippen LogP contribution in [-0.2, 0) is 7.05 Å². The third-order valence-electron chi connectivity index (χ3n) is 5.09. The molecule has 0 unspecified atom stereocenters. The van der Waals surface area contributed by atoms with Gasteiger partial charge in [0.15, 0.2) is 0 Å². The van der Waals surface area contributed by atoms with Gasteiger partial charge in [-0.05, 0) is 37.3 Å². The Morgan fingerprint density at radius 3 is 2.39 bits per heavy atom. The van der Waals surface area contributed by atoms with E-state index in [4.69, 9.17) is 4.98 Å². The van der Waals surface area contributed by atoms with Crippen molar-refractivity contribution in [3.8, 4) is 28.1 Å². The van der Waals surface area contributed by atoms with Crippen LogP contribution >= 0.6 is 0 Å². The van der Waals surface area contributed by atoms with Gasteiger partial charge in [-0.25, -0.2) is 9.37 Å². The van der Waals surface area contributed by atoms with Crippen LogP contribution in [0, 0.1) is 5.82 Å². The van der Waals surface area contributed by atoms with Gasteiger partial charge in [0.25, 0.3) is 5.56 Å². The second kappa shape index (κ2) is 8.39. The van der Waals surface area contributed by atoms with Crippen LogP contribution in [0.2, 0.25) is 0 Å². The zero-order valence-electron chi connectivity index (χ0n) is 17.2. The quantitative estimate of drug-likeness (QED) is 0.518. The lowest BCUT2D eigenvalue weighted by Crippen LogP contribution is -2.30. The van der Waals surface area contributed by atoms with Crippen molar-refractivity contribution in [2.45, 2.75) is 6.92 Å². The maximum Gasteiger partial charge on any atom is 0.263 e. The minimum atomic E-state index is -0.502. The molecule has 0 atom stereocenters. The molecule has 6 nitrogen and oxygen atoms in total. The largest absolute Gasteiger partial charge is 0.506 e. The van der Waals surface area contributed by atoms with Gasteiger partial charge in [-0.1, -0.05) is 30.3 Å². The summed E-state index contributed by atoms with van der Waals surface area (Å²) in [4.78, 5) is 24.1. The molecule has 2 aromatic heterocycles. The lowest BCUT2D eigenvalue weighted by molar-refractivity contribution is 0.475. The highest BCUT2D eigenvalue weighted by molar-refractivity contribution is 5.81. The number of nitrogens with zero attached hydrogens (tertiary/aromatic N) is 4. The van der Waals surface area contributed by atoms with Gasteiger partial charge in [-0.3, -0.25) is 14.3 Å². The number of rotatable bonds is 5. The van der Waals surface area contributed by atoms with Gasteiger partial charge in [-0.15, -0.1) is 0 Å². The average molecular weight is 416 g/mol. The summed E-state index contributed by atoms with van der Waals surface area (Å²) in [6.45, 7) is 2.35. The summed E-state index contributed by atoms with van der Waals surface area (Å²) in [5.74, 6) is -0.0966. The van der Waals surface area contributed by atoms with Crippen molar-refractivity contribution in [1.29, 1.82) is 0 Å². The average Bonchev–Trinajstić information content (AvgIpc) is 2.79. The van der Waals surface area contributed by atoms with Crippen LogP contribution in [0.15, 0.2) is 77.9 Å². The number of aromatic hydroxyl groups is 1. The molecule has 0 fully saturated rings. The first-order valence-corrected chi connectivity index (χ1v) is 9.84. The van der Waals surface area contributed by atoms with E-state index in [1.165, 1.54) is 10.6 Å². The molecule has 31 heavy (non-hydrogen) atoms. The highest BCUT2D eigenvalue weighted by Gasteiger charge is 2.23. The Morgan fingerprint density at radius 1 is 1.03 bits per heavy atom. The lowest BCUT2D eigenvalue weighted by Gasteiger charge is -2.26. The number of hydrogen-bond acceptors (Lipinski definition) is 5. The third kappa shape index (κ3) is 3.66. The number of benzene rings is 2. The van der Waals surface area contributed by atoms with Crippen LogP contribution in [0.5, 0.6) is 5.75 Å². The van der Waals surface area contributed by atoms with E-state index >= 15 is 0 Å². The molecule has 0 aliphatic carbocycles. The van der Waals surface area contributed by atoms with E-state index in [0.717, 1.165) is 0 Å². The summed E-state index contributed by atoms with van der Waals surface area (Å²) in [7, 11) is 1.59. The first-order chi connectivity index (χ1) is 15.0. The molecule has 0 saturated heterocycles. The Balaban J connectivity index is 2.04. The Labute approximate surface area is 178 Å². The van der Waals surface area contributed by atoms with E-state index in [2.05, 4.69) is 4.98 Å². The van der Waals surface area contributed by atoms with Crippen molar-refractivity contribution < 1.29 is 9.50 Å². The van der Waals surface area contributed by atoms with Crippen LogP contribution in [0.1, 0.15) is 6.92 Å². The second-order valence-corrected chi connectivity index (χ2v) is 6.95. The van der Waals surface area contributed by atoms with E-state index in [9.17, 15) is 14.3 Å². The Hall–Kier alpha value is -4.00. The summed E-state index contributed by atoms with van der Waals surface area (Å²) in [6, 6.07) is 16.5. The van der Waals surface area contributed by atoms with Gasteiger partial charge in [0.2, 0.25) is 5.95 Å². The standard InChI is InChI=1S/C24H21FN4O2/c1-3-29(19-10-6-7-11-20(19)30)24-27-22(16-12-14-26-15-13-16)21(23(31)28(24)2)17-8-4-5-9-18(17)25/h4-15,30H,3H2,1-2H3. The number of phenols is 1. The zero-order valence-corrected chi connectivity index (χ0v) is 17.2.